The summed E-state index contributed by atoms with van der Waals surface area (Å²) >= 11 is 0. The number of para-hydroxylation sites is 1. The number of benzene rings is 2. The quantitative estimate of drug-likeness (QED) is 0.730. The summed E-state index contributed by atoms with van der Waals surface area (Å²) in [5, 5.41) is 2.75. The van der Waals surface area contributed by atoms with E-state index in [0.717, 1.165) is 0 Å². The zero-order valence-corrected chi connectivity index (χ0v) is 15.2. The van der Waals surface area contributed by atoms with Crippen LogP contribution < -0.4 is 14.8 Å². The molecule has 26 heavy (non-hydrogen) atoms. The molecular weight excluding hydrogens is 334 g/mol. The molecule has 0 aliphatic carbocycles. The molecule has 0 spiro atoms. The van der Waals surface area contributed by atoms with Crippen LogP contribution in [0.15, 0.2) is 48.5 Å². The Morgan fingerprint density at radius 3 is 2.27 bits per heavy atom. The molecule has 138 valence electrons. The number of hydrogen-bond acceptors (Lipinski definition) is 5. The van der Waals surface area contributed by atoms with E-state index in [1.807, 2.05) is 6.92 Å². The van der Waals surface area contributed by atoms with Crippen LogP contribution in [0.3, 0.4) is 0 Å². The van der Waals surface area contributed by atoms with Crippen LogP contribution in [0.5, 0.6) is 11.5 Å². The molecule has 0 saturated heterocycles. The summed E-state index contributed by atoms with van der Waals surface area (Å²) in [7, 11) is 1.58. The summed E-state index contributed by atoms with van der Waals surface area (Å²) in [5.74, 6) is 0.456. The van der Waals surface area contributed by atoms with Gasteiger partial charge in [-0.1, -0.05) is 19.1 Å². The molecule has 1 atom stereocenters. The number of amides is 1. The molecule has 2 aromatic carbocycles. The van der Waals surface area contributed by atoms with Crippen LogP contribution >= 0.6 is 0 Å². The van der Waals surface area contributed by atoms with Crippen molar-refractivity contribution in [1.82, 2.24) is 0 Å². The number of nitrogens with one attached hydrogen (secondary N) is 1. The van der Waals surface area contributed by atoms with Gasteiger partial charge in [0, 0.05) is 0 Å². The minimum absolute atomic E-state index is 0.263. The van der Waals surface area contributed by atoms with Crippen LogP contribution in [0.25, 0.3) is 0 Å². The van der Waals surface area contributed by atoms with Crippen LogP contribution in [0, 0.1) is 0 Å². The lowest BCUT2D eigenvalue weighted by Crippen LogP contribution is -2.33. The summed E-state index contributed by atoms with van der Waals surface area (Å²) in [6.45, 7) is 3.85. The first-order valence-electron chi connectivity index (χ1n) is 8.46. The molecule has 6 heteroatoms. The van der Waals surface area contributed by atoms with E-state index in [1.54, 1.807) is 62.6 Å². The number of ether oxygens (including phenoxy) is 3. The molecule has 6 nitrogen and oxygen atoms in total. The van der Waals surface area contributed by atoms with Gasteiger partial charge in [-0.3, -0.25) is 4.79 Å². The van der Waals surface area contributed by atoms with E-state index in [2.05, 4.69) is 5.32 Å². The van der Waals surface area contributed by atoms with Crippen LogP contribution in [0.1, 0.15) is 30.6 Å². The van der Waals surface area contributed by atoms with Crippen molar-refractivity contribution in [3.8, 4) is 11.5 Å². The van der Waals surface area contributed by atoms with E-state index < -0.39 is 12.1 Å². The third-order valence-electron chi connectivity index (χ3n) is 3.68. The van der Waals surface area contributed by atoms with Gasteiger partial charge in [0.15, 0.2) is 6.10 Å². The highest BCUT2D eigenvalue weighted by atomic mass is 16.5. The first-order valence-corrected chi connectivity index (χ1v) is 8.46. The van der Waals surface area contributed by atoms with Crippen LogP contribution in [-0.2, 0) is 9.53 Å². The second-order valence-electron chi connectivity index (χ2n) is 5.45. The monoisotopic (exact) mass is 357 g/mol. The number of methoxy groups -OCH3 is 1. The van der Waals surface area contributed by atoms with Crippen LogP contribution in [-0.4, -0.2) is 31.7 Å². The van der Waals surface area contributed by atoms with E-state index in [-0.39, 0.29) is 12.5 Å². The van der Waals surface area contributed by atoms with Crippen molar-refractivity contribution in [3.63, 3.8) is 0 Å². The van der Waals surface area contributed by atoms with Crippen molar-refractivity contribution < 1.29 is 23.8 Å². The molecule has 1 N–H and O–H groups in total. The minimum Gasteiger partial charge on any atom is -0.497 e. The number of carbonyl (C=O) groups is 2. The van der Waals surface area contributed by atoms with E-state index >= 15 is 0 Å². The molecule has 0 unspecified atom stereocenters. The van der Waals surface area contributed by atoms with Gasteiger partial charge >= 0.3 is 5.97 Å². The number of esters is 1. The van der Waals surface area contributed by atoms with E-state index in [4.69, 9.17) is 14.2 Å². The molecule has 1 amide bonds. The van der Waals surface area contributed by atoms with Crippen LogP contribution in [0.4, 0.5) is 5.69 Å². The van der Waals surface area contributed by atoms with Gasteiger partial charge in [-0.05, 0) is 49.7 Å². The number of hydrogen-bond donors (Lipinski definition) is 1. The van der Waals surface area contributed by atoms with Crippen LogP contribution in [0.2, 0.25) is 0 Å². The third-order valence-corrected chi connectivity index (χ3v) is 3.68. The maximum Gasteiger partial charge on any atom is 0.340 e. The Morgan fingerprint density at radius 2 is 1.65 bits per heavy atom. The highest BCUT2D eigenvalue weighted by Gasteiger charge is 2.21. The van der Waals surface area contributed by atoms with Gasteiger partial charge in [-0.15, -0.1) is 0 Å². The van der Waals surface area contributed by atoms with Gasteiger partial charge in [-0.25, -0.2) is 4.79 Å². The highest BCUT2D eigenvalue weighted by molar-refractivity contribution is 6.02. The van der Waals surface area contributed by atoms with Crippen molar-refractivity contribution in [2.24, 2.45) is 0 Å². The van der Waals surface area contributed by atoms with Crippen molar-refractivity contribution in [1.29, 1.82) is 0 Å². The zero-order valence-electron chi connectivity index (χ0n) is 15.2. The normalized spacial score (nSPS) is 11.3. The fourth-order valence-corrected chi connectivity index (χ4v) is 2.33. The van der Waals surface area contributed by atoms with Crippen molar-refractivity contribution >= 4 is 17.6 Å². The summed E-state index contributed by atoms with van der Waals surface area (Å²) < 4.78 is 15.9. The van der Waals surface area contributed by atoms with Gasteiger partial charge < -0.3 is 19.5 Å². The Labute approximate surface area is 153 Å². The zero-order chi connectivity index (χ0) is 18.9. The minimum atomic E-state index is -0.696. The summed E-state index contributed by atoms with van der Waals surface area (Å²) in [6, 6.07) is 13.7. The average Bonchev–Trinajstić information content (AvgIpc) is 2.67. The van der Waals surface area contributed by atoms with Gasteiger partial charge in [0.1, 0.15) is 11.5 Å². The van der Waals surface area contributed by atoms with Crippen molar-refractivity contribution in [2.75, 3.05) is 19.0 Å². The van der Waals surface area contributed by atoms with E-state index in [9.17, 15) is 9.59 Å². The van der Waals surface area contributed by atoms with Gasteiger partial charge in [0.05, 0.1) is 25.0 Å². The Kier molecular flexibility index (Phi) is 7.02. The summed E-state index contributed by atoms with van der Waals surface area (Å²) in [4.78, 5) is 24.6. The Hall–Kier alpha value is -3.02. The maximum atomic E-state index is 12.6. The predicted octanol–water partition coefficient (Wildman–Crippen LogP) is 3.67. The Morgan fingerprint density at radius 1 is 1.00 bits per heavy atom. The first-order chi connectivity index (χ1) is 12.6. The average molecular weight is 357 g/mol. The third kappa shape index (κ3) is 4.99. The standard InChI is InChI=1S/C20H23NO5/c1-4-18(26-15-12-10-14(24-3)11-13-15)19(22)21-17-9-7-6-8-16(17)20(23)25-5-2/h6-13,18H,4-5H2,1-3H3,(H,21,22)/t18-/m0/s1. The smallest absolute Gasteiger partial charge is 0.340 e. The van der Waals surface area contributed by atoms with Gasteiger partial charge in [-0.2, -0.15) is 0 Å². The van der Waals surface area contributed by atoms with E-state index in [0.29, 0.717) is 29.2 Å². The number of carbonyl (C=O) groups excluding carboxylic acids is 2. The maximum absolute atomic E-state index is 12.6. The molecule has 0 saturated carbocycles. The molecule has 2 aromatic rings. The SMILES string of the molecule is CCOC(=O)c1ccccc1NC(=O)[C@H](CC)Oc1ccc(OC)cc1. The summed E-state index contributed by atoms with van der Waals surface area (Å²) in [5.41, 5.74) is 0.703. The molecule has 0 heterocycles. The number of anilines is 1. The van der Waals surface area contributed by atoms with E-state index in [1.165, 1.54) is 0 Å². The Bertz CT molecular complexity index is 742. The predicted molar refractivity (Wildman–Crippen MR) is 98.7 cm³/mol. The fraction of sp³-hybridized carbons (Fsp3) is 0.300. The molecule has 0 aliphatic rings. The topological polar surface area (TPSA) is 73.9 Å². The second-order valence-corrected chi connectivity index (χ2v) is 5.45. The van der Waals surface area contributed by atoms with Gasteiger partial charge in [0.25, 0.3) is 5.91 Å². The van der Waals surface area contributed by atoms with Crippen molar-refractivity contribution in [3.05, 3.63) is 54.1 Å². The lowest BCUT2D eigenvalue weighted by atomic mass is 10.1. The molecule has 0 aromatic heterocycles. The Balaban J connectivity index is 2.10. The highest BCUT2D eigenvalue weighted by Crippen LogP contribution is 2.21. The molecule has 0 radical (unpaired) electrons. The summed E-state index contributed by atoms with van der Waals surface area (Å²) in [6.07, 6.45) is -0.224. The molecule has 2 rings (SSSR count). The molecule has 0 aliphatic heterocycles. The molecule has 0 fully saturated rings. The largest absolute Gasteiger partial charge is 0.497 e. The second kappa shape index (κ2) is 9.46. The lowest BCUT2D eigenvalue weighted by Gasteiger charge is -2.18. The number of rotatable bonds is 8. The van der Waals surface area contributed by atoms with Gasteiger partial charge in [0.2, 0.25) is 0 Å². The first kappa shape index (κ1) is 19.3. The lowest BCUT2D eigenvalue weighted by molar-refractivity contribution is -0.122. The molecule has 0 bridgehead atoms. The molecular formula is C20H23NO5. The van der Waals surface area contributed by atoms with Crippen molar-refractivity contribution in [2.45, 2.75) is 26.4 Å². The fourth-order valence-electron chi connectivity index (χ4n) is 2.33.